The van der Waals surface area contributed by atoms with Gasteiger partial charge in [0.15, 0.2) is 0 Å². The number of hydrogen-bond donors (Lipinski definition) is 0. The van der Waals surface area contributed by atoms with Crippen molar-refractivity contribution >= 4 is 0 Å². The third-order valence-electron chi connectivity index (χ3n) is 3.37. The molecule has 2 bridgehead atoms. The Hall–Kier alpha value is -0.0400. The van der Waals surface area contributed by atoms with Crippen LogP contribution in [-0.2, 0) is 5.11 Å². The fourth-order valence-corrected chi connectivity index (χ4v) is 2.88. The zero-order chi connectivity index (χ0) is 6.97. The second-order valence-electron chi connectivity index (χ2n) is 3.93. The molecule has 57 valence electrons. The van der Waals surface area contributed by atoms with Gasteiger partial charge in [-0.1, -0.05) is 6.42 Å². The molecule has 0 aromatic carbocycles. The molecule has 0 amide bonds. The summed E-state index contributed by atoms with van der Waals surface area (Å²) in [5.74, 6) is 2.80. The van der Waals surface area contributed by atoms with Crippen LogP contribution in [0.1, 0.15) is 32.1 Å². The molecule has 3 atom stereocenters. The van der Waals surface area contributed by atoms with Crippen LogP contribution < -0.4 is 0 Å². The highest BCUT2D eigenvalue weighted by Gasteiger charge is 2.38. The second kappa shape index (κ2) is 2.54. The SMILES string of the molecule is [O]CCC1CC2CCC1C2. The monoisotopic (exact) mass is 139 g/mol. The summed E-state index contributed by atoms with van der Waals surface area (Å²) >= 11 is 0. The summed E-state index contributed by atoms with van der Waals surface area (Å²) in [4.78, 5) is 0. The quantitative estimate of drug-likeness (QED) is 0.559. The third kappa shape index (κ3) is 0.968. The van der Waals surface area contributed by atoms with E-state index in [9.17, 15) is 5.11 Å². The molecule has 2 aliphatic rings. The zero-order valence-electron chi connectivity index (χ0n) is 6.38. The van der Waals surface area contributed by atoms with E-state index in [1.165, 1.54) is 25.7 Å². The summed E-state index contributed by atoms with van der Waals surface area (Å²) in [7, 11) is 0. The first-order valence-electron chi connectivity index (χ1n) is 4.48. The van der Waals surface area contributed by atoms with Gasteiger partial charge in [0.25, 0.3) is 0 Å². The Kier molecular flexibility index (Phi) is 1.69. The zero-order valence-corrected chi connectivity index (χ0v) is 6.38. The molecule has 0 aromatic heterocycles. The molecule has 2 fully saturated rings. The van der Waals surface area contributed by atoms with Crippen LogP contribution in [0.3, 0.4) is 0 Å². The van der Waals surface area contributed by atoms with E-state index in [0.29, 0.717) is 0 Å². The van der Waals surface area contributed by atoms with Crippen LogP contribution in [0, 0.1) is 17.8 Å². The normalized spacial score (nSPS) is 44.7. The van der Waals surface area contributed by atoms with Crippen LogP contribution in [0.15, 0.2) is 0 Å². The first-order chi connectivity index (χ1) is 4.90. The van der Waals surface area contributed by atoms with E-state index in [4.69, 9.17) is 0 Å². The fourth-order valence-electron chi connectivity index (χ4n) is 2.88. The maximum Gasteiger partial charge on any atom is 0.0825 e. The maximum atomic E-state index is 10.4. The van der Waals surface area contributed by atoms with Gasteiger partial charge in [-0.25, -0.2) is 5.11 Å². The molecule has 2 rings (SSSR count). The van der Waals surface area contributed by atoms with E-state index in [1.54, 1.807) is 0 Å². The summed E-state index contributed by atoms with van der Waals surface area (Å²) in [5.41, 5.74) is 0. The molecule has 3 unspecified atom stereocenters. The van der Waals surface area contributed by atoms with E-state index in [-0.39, 0.29) is 6.61 Å². The van der Waals surface area contributed by atoms with Crippen molar-refractivity contribution in [2.75, 3.05) is 6.61 Å². The van der Waals surface area contributed by atoms with Crippen molar-refractivity contribution in [2.24, 2.45) is 17.8 Å². The van der Waals surface area contributed by atoms with Crippen LogP contribution in [0.5, 0.6) is 0 Å². The van der Waals surface area contributed by atoms with Crippen LogP contribution in [0.2, 0.25) is 0 Å². The van der Waals surface area contributed by atoms with Gasteiger partial charge in [0.05, 0.1) is 6.61 Å². The van der Waals surface area contributed by atoms with E-state index in [0.717, 1.165) is 24.2 Å². The number of fused-ring (bicyclic) bond motifs is 2. The van der Waals surface area contributed by atoms with E-state index in [1.807, 2.05) is 0 Å². The Morgan fingerprint density at radius 3 is 2.60 bits per heavy atom. The summed E-state index contributed by atoms with van der Waals surface area (Å²) in [6.07, 6.45) is 6.67. The van der Waals surface area contributed by atoms with Gasteiger partial charge in [-0.05, 0) is 43.4 Å². The Labute approximate surface area is 62.4 Å². The highest BCUT2D eigenvalue weighted by molar-refractivity contribution is 4.89. The van der Waals surface area contributed by atoms with Gasteiger partial charge in [0.1, 0.15) is 0 Å². The van der Waals surface area contributed by atoms with Gasteiger partial charge in [0, 0.05) is 0 Å². The Morgan fingerprint density at radius 2 is 2.10 bits per heavy atom. The Morgan fingerprint density at radius 1 is 1.20 bits per heavy atom. The van der Waals surface area contributed by atoms with E-state index < -0.39 is 0 Å². The van der Waals surface area contributed by atoms with Gasteiger partial charge < -0.3 is 0 Å². The standard InChI is InChI=1S/C9H15O/c10-4-3-9-6-7-1-2-8(9)5-7/h7-9H,1-6H2. The number of hydrogen-bond acceptors (Lipinski definition) is 0. The Bertz CT molecular complexity index is 122. The minimum atomic E-state index is 0.161. The van der Waals surface area contributed by atoms with Crippen molar-refractivity contribution in [3.05, 3.63) is 0 Å². The minimum Gasteiger partial charge on any atom is -0.237 e. The maximum absolute atomic E-state index is 10.4. The molecule has 2 saturated carbocycles. The summed E-state index contributed by atoms with van der Waals surface area (Å²) < 4.78 is 0. The lowest BCUT2D eigenvalue weighted by molar-refractivity contribution is 0.153. The van der Waals surface area contributed by atoms with Crippen molar-refractivity contribution < 1.29 is 5.11 Å². The number of rotatable bonds is 2. The fraction of sp³-hybridized carbons (Fsp3) is 1.00. The molecule has 2 aliphatic carbocycles. The molecule has 1 heteroatoms. The van der Waals surface area contributed by atoms with Crippen molar-refractivity contribution in [1.29, 1.82) is 0 Å². The molecule has 0 aromatic rings. The largest absolute Gasteiger partial charge is 0.237 e. The molecule has 10 heavy (non-hydrogen) atoms. The lowest BCUT2D eigenvalue weighted by Gasteiger charge is -2.19. The molecule has 1 nitrogen and oxygen atoms in total. The van der Waals surface area contributed by atoms with E-state index in [2.05, 4.69) is 0 Å². The first kappa shape index (κ1) is 6.66. The Balaban J connectivity index is 1.90. The van der Waals surface area contributed by atoms with Crippen LogP contribution in [0.25, 0.3) is 0 Å². The van der Waals surface area contributed by atoms with Crippen molar-refractivity contribution in [3.63, 3.8) is 0 Å². The average Bonchev–Trinajstić information content (AvgIpc) is 2.48. The summed E-state index contributed by atoms with van der Waals surface area (Å²) in [6.45, 7) is 0.161. The average molecular weight is 139 g/mol. The van der Waals surface area contributed by atoms with Crippen LogP contribution >= 0.6 is 0 Å². The predicted molar refractivity (Wildman–Crippen MR) is 39.1 cm³/mol. The first-order valence-corrected chi connectivity index (χ1v) is 4.48. The van der Waals surface area contributed by atoms with Gasteiger partial charge >= 0.3 is 0 Å². The lowest BCUT2D eigenvalue weighted by atomic mass is 9.87. The van der Waals surface area contributed by atoms with Gasteiger partial charge in [0.2, 0.25) is 0 Å². The molecule has 0 spiro atoms. The molecule has 0 saturated heterocycles. The smallest absolute Gasteiger partial charge is 0.0825 e. The van der Waals surface area contributed by atoms with Crippen LogP contribution in [0.4, 0.5) is 0 Å². The molecule has 0 N–H and O–H groups in total. The molecule has 0 heterocycles. The predicted octanol–water partition coefficient (Wildman–Crippen LogP) is 2.24. The van der Waals surface area contributed by atoms with Crippen molar-refractivity contribution in [2.45, 2.75) is 32.1 Å². The van der Waals surface area contributed by atoms with Gasteiger partial charge in [-0.3, -0.25) is 0 Å². The highest BCUT2D eigenvalue weighted by atomic mass is 16.3. The van der Waals surface area contributed by atoms with Crippen molar-refractivity contribution in [3.8, 4) is 0 Å². The third-order valence-corrected chi connectivity index (χ3v) is 3.37. The van der Waals surface area contributed by atoms with Crippen molar-refractivity contribution in [1.82, 2.24) is 0 Å². The van der Waals surface area contributed by atoms with Gasteiger partial charge in [-0.2, -0.15) is 0 Å². The molecule has 1 radical (unpaired) electrons. The summed E-state index contributed by atoms with van der Waals surface area (Å²) in [6, 6.07) is 0. The van der Waals surface area contributed by atoms with E-state index >= 15 is 0 Å². The van der Waals surface area contributed by atoms with Gasteiger partial charge in [-0.15, -0.1) is 0 Å². The second-order valence-corrected chi connectivity index (χ2v) is 3.93. The molecular weight excluding hydrogens is 124 g/mol. The van der Waals surface area contributed by atoms with Crippen LogP contribution in [-0.4, -0.2) is 6.61 Å². The highest BCUT2D eigenvalue weighted by Crippen LogP contribution is 2.49. The summed E-state index contributed by atoms with van der Waals surface area (Å²) in [5, 5.41) is 10.4. The molecular formula is C9H15O. The topological polar surface area (TPSA) is 19.9 Å². The minimum absolute atomic E-state index is 0.161. The molecule has 0 aliphatic heterocycles. The lowest BCUT2D eigenvalue weighted by Crippen LogP contribution is -2.11.